The molecule has 0 unspecified atom stereocenters. The molecule has 0 aliphatic heterocycles. The molecule has 0 aromatic carbocycles. The maximum Gasteiger partial charge on any atom is 0.251 e. The fourth-order valence-corrected chi connectivity index (χ4v) is 2.73. The van der Waals surface area contributed by atoms with Gasteiger partial charge in [-0.2, -0.15) is 0 Å². The number of rotatable bonds is 6. The van der Waals surface area contributed by atoms with Crippen molar-refractivity contribution in [2.24, 2.45) is 5.92 Å². The molecule has 0 radical (unpaired) electrons. The van der Waals surface area contributed by atoms with E-state index in [-0.39, 0.29) is 5.91 Å². The third kappa shape index (κ3) is 3.95. The highest BCUT2D eigenvalue weighted by Crippen LogP contribution is 2.23. The minimum atomic E-state index is 0.0214. The number of amides is 1. The van der Waals surface area contributed by atoms with Gasteiger partial charge >= 0.3 is 0 Å². The minimum Gasteiger partial charge on any atom is -0.370 e. The number of hydrogen-bond donors (Lipinski definition) is 2. The summed E-state index contributed by atoms with van der Waals surface area (Å²) in [6.07, 6.45) is 5.95. The van der Waals surface area contributed by atoms with E-state index in [4.69, 9.17) is 0 Å². The fraction of sp³-hybridized carbons (Fsp3) is 0.625. The molecular weight excluding hydrogens is 250 g/mol. The van der Waals surface area contributed by atoms with Crippen molar-refractivity contribution in [1.82, 2.24) is 10.3 Å². The van der Waals surface area contributed by atoms with Gasteiger partial charge in [0.25, 0.3) is 5.91 Å². The van der Waals surface area contributed by atoms with Gasteiger partial charge < -0.3 is 10.6 Å². The van der Waals surface area contributed by atoms with Crippen molar-refractivity contribution in [3.8, 4) is 0 Å². The van der Waals surface area contributed by atoms with Gasteiger partial charge in [-0.1, -0.05) is 19.8 Å². The van der Waals surface area contributed by atoms with Crippen LogP contribution in [0.5, 0.6) is 0 Å². The first-order valence-electron chi connectivity index (χ1n) is 7.76. The van der Waals surface area contributed by atoms with E-state index >= 15 is 0 Å². The monoisotopic (exact) mass is 275 g/mol. The van der Waals surface area contributed by atoms with Crippen molar-refractivity contribution < 1.29 is 4.79 Å². The maximum atomic E-state index is 12.3. The summed E-state index contributed by atoms with van der Waals surface area (Å²) in [4.78, 5) is 16.7. The van der Waals surface area contributed by atoms with Crippen molar-refractivity contribution in [3.63, 3.8) is 0 Å². The molecule has 1 aromatic heterocycles. The lowest BCUT2D eigenvalue weighted by Gasteiger charge is -2.12. The molecule has 1 aromatic rings. The zero-order chi connectivity index (χ0) is 14.4. The molecule has 20 heavy (non-hydrogen) atoms. The highest BCUT2D eigenvalue weighted by Gasteiger charge is 2.16. The molecule has 0 spiro atoms. The van der Waals surface area contributed by atoms with Crippen molar-refractivity contribution in [2.45, 2.75) is 46.0 Å². The van der Waals surface area contributed by atoms with E-state index < -0.39 is 0 Å². The van der Waals surface area contributed by atoms with Crippen LogP contribution in [0.2, 0.25) is 0 Å². The second kappa shape index (κ2) is 7.27. The first-order chi connectivity index (χ1) is 9.72. The number of aryl methyl sites for hydroxylation is 1. The van der Waals surface area contributed by atoms with Crippen LogP contribution >= 0.6 is 0 Å². The summed E-state index contributed by atoms with van der Waals surface area (Å²) in [5.41, 5.74) is 1.67. The van der Waals surface area contributed by atoms with E-state index in [1.165, 1.54) is 25.7 Å². The molecule has 0 atom stereocenters. The molecule has 4 heteroatoms. The van der Waals surface area contributed by atoms with Gasteiger partial charge in [0.05, 0.1) is 0 Å². The first-order valence-corrected chi connectivity index (χ1v) is 7.76. The molecule has 1 saturated carbocycles. The lowest BCUT2D eigenvalue weighted by molar-refractivity contribution is 0.0947. The largest absolute Gasteiger partial charge is 0.370 e. The molecule has 2 N–H and O–H groups in total. The van der Waals surface area contributed by atoms with Crippen LogP contribution in [0.15, 0.2) is 12.1 Å². The Labute approximate surface area is 121 Å². The average molecular weight is 275 g/mol. The normalized spacial score (nSPS) is 15.3. The SMILES string of the molecule is CCNc1cc(C(=O)NCC2CCCC2)cc(CC)n1. The molecule has 0 saturated heterocycles. The first kappa shape index (κ1) is 14.8. The van der Waals surface area contributed by atoms with Crippen LogP contribution in [0.25, 0.3) is 0 Å². The summed E-state index contributed by atoms with van der Waals surface area (Å²) in [6.45, 7) is 5.70. The van der Waals surface area contributed by atoms with Gasteiger partial charge in [0.15, 0.2) is 0 Å². The van der Waals surface area contributed by atoms with Crippen LogP contribution in [0.4, 0.5) is 5.82 Å². The van der Waals surface area contributed by atoms with Crippen molar-refractivity contribution in [3.05, 3.63) is 23.4 Å². The Balaban J connectivity index is 2.01. The van der Waals surface area contributed by atoms with Gasteiger partial charge in [-0.3, -0.25) is 4.79 Å². The number of carbonyl (C=O) groups excluding carboxylic acids is 1. The summed E-state index contributed by atoms with van der Waals surface area (Å²) in [7, 11) is 0. The van der Waals surface area contributed by atoms with Gasteiger partial charge in [0.1, 0.15) is 5.82 Å². The van der Waals surface area contributed by atoms with Crippen LogP contribution in [-0.4, -0.2) is 24.0 Å². The summed E-state index contributed by atoms with van der Waals surface area (Å²) in [5.74, 6) is 1.48. The van der Waals surface area contributed by atoms with Crippen molar-refractivity contribution in [1.29, 1.82) is 0 Å². The number of hydrogen-bond acceptors (Lipinski definition) is 3. The molecular formula is C16H25N3O. The standard InChI is InChI=1S/C16H25N3O/c1-3-14-9-13(10-15(19-14)17-4-2)16(20)18-11-12-7-5-6-8-12/h9-10,12H,3-8,11H2,1-2H3,(H,17,19)(H,18,20). The van der Waals surface area contributed by atoms with Gasteiger partial charge in [-0.15, -0.1) is 0 Å². The van der Waals surface area contributed by atoms with E-state index in [9.17, 15) is 4.79 Å². The van der Waals surface area contributed by atoms with Crippen LogP contribution < -0.4 is 10.6 Å². The number of pyridine rings is 1. The smallest absolute Gasteiger partial charge is 0.251 e. The second-order valence-corrected chi connectivity index (χ2v) is 5.48. The molecule has 0 bridgehead atoms. The van der Waals surface area contributed by atoms with Gasteiger partial charge in [0.2, 0.25) is 0 Å². The van der Waals surface area contributed by atoms with E-state index in [0.717, 1.165) is 31.0 Å². The Bertz CT molecular complexity index is 453. The third-order valence-corrected chi connectivity index (χ3v) is 3.89. The number of carbonyl (C=O) groups is 1. The van der Waals surface area contributed by atoms with E-state index in [1.54, 1.807) is 0 Å². The Morgan fingerprint density at radius 2 is 2.05 bits per heavy atom. The zero-order valence-corrected chi connectivity index (χ0v) is 12.5. The molecule has 1 aliphatic carbocycles. The summed E-state index contributed by atoms with van der Waals surface area (Å²) in [5, 5.41) is 6.25. The van der Waals surface area contributed by atoms with Crippen LogP contribution in [0.3, 0.4) is 0 Å². The maximum absolute atomic E-state index is 12.3. The second-order valence-electron chi connectivity index (χ2n) is 5.48. The highest BCUT2D eigenvalue weighted by molar-refractivity contribution is 5.95. The predicted octanol–water partition coefficient (Wildman–Crippen LogP) is 3.00. The number of aromatic nitrogens is 1. The Hall–Kier alpha value is -1.58. The van der Waals surface area contributed by atoms with E-state index in [2.05, 4.69) is 22.5 Å². The third-order valence-electron chi connectivity index (χ3n) is 3.89. The van der Waals surface area contributed by atoms with Crippen LogP contribution in [-0.2, 0) is 6.42 Å². The molecule has 4 nitrogen and oxygen atoms in total. The summed E-state index contributed by atoms with van der Waals surface area (Å²) >= 11 is 0. The Morgan fingerprint density at radius 3 is 2.70 bits per heavy atom. The molecule has 1 fully saturated rings. The summed E-state index contributed by atoms with van der Waals surface area (Å²) < 4.78 is 0. The lowest BCUT2D eigenvalue weighted by Crippen LogP contribution is -2.28. The quantitative estimate of drug-likeness (QED) is 0.839. The number of anilines is 1. The molecule has 1 heterocycles. The Morgan fingerprint density at radius 1 is 1.30 bits per heavy atom. The topological polar surface area (TPSA) is 54.0 Å². The Kier molecular flexibility index (Phi) is 5.39. The molecule has 1 amide bonds. The van der Waals surface area contributed by atoms with Gasteiger partial charge in [-0.05, 0) is 44.2 Å². The molecule has 2 rings (SSSR count). The lowest BCUT2D eigenvalue weighted by atomic mass is 10.1. The highest BCUT2D eigenvalue weighted by atomic mass is 16.1. The summed E-state index contributed by atoms with van der Waals surface area (Å²) in [6, 6.07) is 3.73. The number of nitrogens with zero attached hydrogens (tertiary/aromatic N) is 1. The van der Waals surface area contributed by atoms with Gasteiger partial charge in [0, 0.05) is 24.3 Å². The zero-order valence-electron chi connectivity index (χ0n) is 12.5. The molecule has 1 aliphatic rings. The van der Waals surface area contributed by atoms with E-state index in [1.807, 2.05) is 19.1 Å². The van der Waals surface area contributed by atoms with Crippen LogP contribution in [0.1, 0.15) is 55.6 Å². The van der Waals surface area contributed by atoms with Crippen molar-refractivity contribution in [2.75, 3.05) is 18.4 Å². The molecule has 110 valence electrons. The van der Waals surface area contributed by atoms with Crippen LogP contribution in [0, 0.1) is 5.92 Å². The fourth-order valence-electron chi connectivity index (χ4n) is 2.73. The number of nitrogens with one attached hydrogen (secondary N) is 2. The van der Waals surface area contributed by atoms with E-state index in [0.29, 0.717) is 11.5 Å². The average Bonchev–Trinajstić information content (AvgIpc) is 2.98. The minimum absolute atomic E-state index is 0.0214. The predicted molar refractivity (Wildman–Crippen MR) is 82.1 cm³/mol. The van der Waals surface area contributed by atoms with Crippen molar-refractivity contribution >= 4 is 11.7 Å². The van der Waals surface area contributed by atoms with Gasteiger partial charge in [-0.25, -0.2) is 4.98 Å².